The molecule has 12 nitrogen and oxygen atoms in total. The third-order valence-corrected chi connectivity index (χ3v) is 13.1. The Morgan fingerprint density at radius 3 is 1.65 bits per heavy atom. The number of hydrogen-bond donors (Lipinski definition) is 0. The van der Waals surface area contributed by atoms with E-state index in [9.17, 15) is 29.3 Å². The van der Waals surface area contributed by atoms with Crippen LogP contribution in [0.15, 0.2) is 39.0 Å². The number of rotatable bonds is 20. The number of nitro groups is 1. The maximum absolute atomic E-state index is 14.5. The summed E-state index contributed by atoms with van der Waals surface area (Å²) in [6.07, 6.45) is 19.9. The first kappa shape index (κ1) is 46.8. The van der Waals surface area contributed by atoms with Crippen molar-refractivity contribution in [3.05, 3.63) is 51.1 Å². The smallest absolute Gasteiger partial charge is 0.335 e. The molecule has 0 bridgehead atoms. The summed E-state index contributed by atoms with van der Waals surface area (Å²) < 4.78 is 6.37. The van der Waals surface area contributed by atoms with Gasteiger partial charge in [0.1, 0.15) is 17.0 Å². The van der Waals surface area contributed by atoms with Gasteiger partial charge in [0.25, 0.3) is 0 Å². The highest BCUT2D eigenvalue weighted by molar-refractivity contribution is 6.47. The van der Waals surface area contributed by atoms with Crippen molar-refractivity contribution in [1.82, 2.24) is 0 Å². The van der Waals surface area contributed by atoms with Crippen molar-refractivity contribution in [3.63, 3.8) is 0 Å². The molecule has 3 aliphatic carbocycles. The van der Waals surface area contributed by atoms with E-state index in [0.29, 0.717) is 34.3 Å². The van der Waals surface area contributed by atoms with E-state index in [4.69, 9.17) is 14.1 Å². The van der Waals surface area contributed by atoms with E-state index in [-0.39, 0.29) is 83.2 Å². The average molecular weight is 854 g/mol. The van der Waals surface area contributed by atoms with E-state index in [1.807, 2.05) is 13.8 Å². The molecule has 0 aliphatic heterocycles. The lowest BCUT2D eigenvalue weighted by molar-refractivity contribution is -0.383. The fraction of sp³-hybridized carbons (Fsp3) is 0.640. The van der Waals surface area contributed by atoms with Gasteiger partial charge >= 0.3 is 17.6 Å². The molecule has 3 saturated carbocycles. The Bertz CT molecular complexity index is 2130. The Hall–Kier alpha value is -4.74. The minimum Gasteiger partial charge on any atom is -0.449 e. The topological polar surface area (TPSA) is 168 Å². The number of carbonyl (C=O) groups excluding carboxylic acids is 4. The Kier molecular flexibility index (Phi) is 17.0. The molecule has 3 aromatic rings. The number of ketones is 2. The fourth-order valence-corrected chi connectivity index (χ4v) is 9.75. The average Bonchev–Trinajstić information content (AvgIpc) is 3.64. The maximum atomic E-state index is 14.5. The summed E-state index contributed by atoms with van der Waals surface area (Å²) in [5.41, 5.74) is 1.19. The number of fused-ring (bicyclic) bond motifs is 3. The largest absolute Gasteiger partial charge is 0.449 e. The SMILES string of the molecule is CC(C)CCCCc1cc(C(=O)/C(CC(C)C)=N/OC(=O)CC2CCCCC2)cc2c1oc1c([N+](=O)[O-])cc(C(=O)/C(CC3CCCCC3)=N/OC(=O)CC3CCCCC3)cc12. The van der Waals surface area contributed by atoms with Crippen molar-refractivity contribution in [2.45, 2.75) is 175 Å². The summed E-state index contributed by atoms with van der Waals surface area (Å²) in [7, 11) is 0. The lowest BCUT2D eigenvalue weighted by Crippen LogP contribution is -2.22. The van der Waals surface area contributed by atoms with Crippen molar-refractivity contribution in [2.24, 2.45) is 39.9 Å². The van der Waals surface area contributed by atoms with Gasteiger partial charge in [0.05, 0.1) is 17.8 Å². The molecule has 2 aromatic carbocycles. The van der Waals surface area contributed by atoms with Crippen LogP contribution in [-0.2, 0) is 25.7 Å². The number of benzene rings is 2. The van der Waals surface area contributed by atoms with Crippen LogP contribution in [0.3, 0.4) is 0 Å². The first-order valence-corrected chi connectivity index (χ1v) is 23.7. The highest BCUT2D eigenvalue weighted by Crippen LogP contribution is 2.39. The van der Waals surface area contributed by atoms with Gasteiger partial charge in [-0.1, -0.05) is 121 Å². The van der Waals surface area contributed by atoms with E-state index in [0.717, 1.165) is 109 Å². The summed E-state index contributed by atoms with van der Waals surface area (Å²) >= 11 is 0. The van der Waals surface area contributed by atoms with Gasteiger partial charge in [0.2, 0.25) is 17.1 Å². The van der Waals surface area contributed by atoms with Crippen LogP contribution >= 0.6 is 0 Å². The van der Waals surface area contributed by atoms with Crippen molar-refractivity contribution < 1.29 is 38.2 Å². The minimum absolute atomic E-state index is 0.00743. The number of nitro benzene ring substituents is 1. The van der Waals surface area contributed by atoms with Crippen LogP contribution in [0.2, 0.25) is 0 Å². The summed E-state index contributed by atoms with van der Waals surface area (Å²) in [4.78, 5) is 78.0. The van der Waals surface area contributed by atoms with Gasteiger partial charge in [-0.25, -0.2) is 9.59 Å². The van der Waals surface area contributed by atoms with Gasteiger partial charge in [-0.05, 0) is 105 Å². The zero-order chi connectivity index (χ0) is 44.2. The molecule has 0 saturated heterocycles. The highest BCUT2D eigenvalue weighted by atomic mass is 16.7. The molecule has 1 aromatic heterocycles. The number of nitrogens with zero attached hydrogens (tertiary/aromatic N) is 3. The zero-order valence-electron chi connectivity index (χ0n) is 37.5. The second-order valence-corrected chi connectivity index (χ2v) is 19.3. The molecule has 0 radical (unpaired) electrons. The molecule has 0 amide bonds. The van der Waals surface area contributed by atoms with Gasteiger partial charge < -0.3 is 14.1 Å². The summed E-state index contributed by atoms with van der Waals surface area (Å²) in [5, 5.41) is 21.9. The Labute approximate surface area is 366 Å². The van der Waals surface area contributed by atoms with Gasteiger partial charge in [0.15, 0.2) is 0 Å². The molecule has 1 heterocycles. The first-order valence-electron chi connectivity index (χ1n) is 23.7. The molecule has 6 rings (SSSR count). The Morgan fingerprint density at radius 1 is 0.645 bits per heavy atom. The standard InChI is InChI=1S/C50H67N3O9/c1-32(2)16-14-15-23-37-28-38(47(56)42(24-33(3)4)51-61-45(54)26-35-19-10-6-11-20-35)29-40-41-30-39(31-44(53(58)59)50(41)60-49(37)40)48(57)43(25-34-17-8-5-9-18-34)52-62-46(55)27-36-21-12-7-13-22-36/h28-36H,5-27H2,1-4H3/b51-42+,52-43+. The Balaban J connectivity index is 1.39. The van der Waals surface area contributed by atoms with Gasteiger partial charge in [-0.3, -0.25) is 19.7 Å². The van der Waals surface area contributed by atoms with Crippen LogP contribution in [-0.4, -0.2) is 39.9 Å². The zero-order valence-corrected chi connectivity index (χ0v) is 37.5. The number of furan rings is 1. The second kappa shape index (κ2) is 22.6. The number of non-ortho nitro benzene ring substituents is 1. The molecule has 0 atom stereocenters. The first-order chi connectivity index (χ1) is 29.9. The van der Waals surface area contributed by atoms with Gasteiger partial charge in [-0.2, -0.15) is 0 Å². The van der Waals surface area contributed by atoms with Crippen LogP contribution in [0.5, 0.6) is 0 Å². The molecule has 12 heteroatoms. The van der Waals surface area contributed by atoms with Crippen LogP contribution in [0, 0.1) is 39.7 Å². The number of aryl methyl sites for hydroxylation is 1. The number of oxime groups is 2. The van der Waals surface area contributed by atoms with E-state index in [1.165, 1.54) is 12.5 Å². The summed E-state index contributed by atoms with van der Waals surface area (Å²) in [6, 6.07) is 6.19. The molecule has 0 spiro atoms. The third kappa shape index (κ3) is 12.9. The van der Waals surface area contributed by atoms with E-state index >= 15 is 0 Å². The van der Waals surface area contributed by atoms with Crippen molar-refractivity contribution >= 4 is 62.6 Å². The quantitative estimate of drug-likeness (QED) is 0.0268. The predicted molar refractivity (Wildman–Crippen MR) is 242 cm³/mol. The monoisotopic (exact) mass is 853 g/mol. The lowest BCUT2D eigenvalue weighted by atomic mass is 9.84. The van der Waals surface area contributed by atoms with E-state index in [1.54, 1.807) is 18.2 Å². The maximum Gasteiger partial charge on any atom is 0.335 e. The number of unbranched alkanes of at least 4 members (excludes halogenated alkanes) is 1. The molecule has 62 heavy (non-hydrogen) atoms. The second-order valence-electron chi connectivity index (χ2n) is 19.3. The number of hydrogen-bond acceptors (Lipinski definition) is 11. The summed E-state index contributed by atoms with van der Waals surface area (Å²) in [5.74, 6) is -0.723. The van der Waals surface area contributed by atoms with Crippen LogP contribution in [0.4, 0.5) is 5.69 Å². The molecular formula is C50H67N3O9. The van der Waals surface area contributed by atoms with Crippen LogP contribution in [0.1, 0.15) is 195 Å². The van der Waals surface area contributed by atoms with Crippen LogP contribution < -0.4 is 0 Å². The molecule has 336 valence electrons. The summed E-state index contributed by atoms with van der Waals surface area (Å²) in [6.45, 7) is 8.25. The van der Waals surface area contributed by atoms with Crippen LogP contribution in [0.25, 0.3) is 21.9 Å². The third-order valence-electron chi connectivity index (χ3n) is 13.1. The van der Waals surface area contributed by atoms with Crippen molar-refractivity contribution in [3.8, 4) is 0 Å². The molecule has 3 fully saturated rings. The van der Waals surface area contributed by atoms with Crippen molar-refractivity contribution in [2.75, 3.05) is 0 Å². The predicted octanol–water partition coefficient (Wildman–Crippen LogP) is 13.0. The minimum atomic E-state index is -0.562. The fourth-order valence-electron chi connectivity index (χ4n) is 9.75. The molecule has 3 aliphatic rings. The molecule has 0 unspecified atom stereocenters. The highest BCUT2D eigenvalue weighted by Gasteiger charge is 2.30. The molecular weight excluding hydrogens is 787 g/mol. The molecule has 0 N–H and O–H groups in total. The van der Waals surface area contributed by atoms with Gasteiger partial charge in [-0.15, -0.1) is 0 Å². The lowest BCUT2D eigenvalue weighted by Gasteiger charge is -2.22. The number of Topliss-reactive ketones (excluding diaryl/α,β-unsaturated/α-hetero) is 2. The van der Waals surface area contributed by atoms with Gasteiger partial charge in [0, 0.05) is 28.0 Å². The van der Waals surface area contributed by atoms with E-state index in [2.05, 4.69) is 24.2 Å². The normalized spacial score (nSPS) is 17.6. The number of carbonyl (C=O) groups is 4. The van der Waals surface area contributed by atoms with Crippen molar-refractivity contribution in [1.29, 1.82) is 0 Å². The Morgan fingerprint density at radius 2 is 1.13 bits per heavy atom. The van der Waals surface area contributed by atoms with E-state index < -0.39 is 28.4 Å².